The smallest absolute Gasteiger partial charge is 0.166 e. The quantitative estimate of drug-likeness (QED) is 0.506. The van der Waals surface area contributed by atoms with Crippen molar-refractivity contribution < 1.29 is 9.84 Å². The topological polar surface area (TPSA) is 73.1 Å². The van der Waals surface area contributed by atoms with Crippen LogP contribution in [-0.4, -0.2) is 43.6 Å². The highest BCUT2D eigenvalue weighted by molar-refractivity contribution is 7.98. The lowest BCUT2D eigenvalue weighted by molar-refractivity contribution is -0.00639. The summed E-state index contributed by atoms with van der Waals surface area (Å²) in [5.74, 6) is 0. The molecule has 0 aromatic carbocycles. The van der Waals surface area contributed by atoms with Crippen LogP contribution in [0.2, 0.25) is 0 Å². The predicted molar refractivity (Wildman–Crippen MR) is 67.2 cm³/mol. The molecule has 7 heteroatoms. The number of hydrogen-bond acceptors (Lipinski definition) is 6. The van der Waals surface area contributed by atoms with Crippen molar-refractivity contribution in [2.45, 2.75) is 17.4 Å². The van der Waals surface area contributed by atoms with Crippen molar-refractivity contribution >= 4 is 22.9 Å². The van der Waals surface area contributed by atoms with Crippen molar-refractivity contribution in [2.24, 2.45) is 0 Å². The monoisotopic (exact) mass is 264 g/mol. The van der Waals surface area contributed by atoms with Crippen molar-refractivity contribution in [1.82, 2.24) is 19.5 Å². The second-order valence-electron chi connectivity index (χ2n) is 3.84. The zero-order valence-corrected chi connectivity index (χ0v) is 10.5. The molecular weight excluding hydrogens is 252 g/mol. The minimum atomic E-state index is -0.267. The van der Waals surface area contributed by atoms with Crippen LogP contribution in [0.3, 0.4) is 0 Å². The minimum absolute atomic E-state index is 0.0231. The fourth-order valence-electron chi connectivity index (χ4n) is 1.92. The predicted octanol–water partition coefficient (Wildman–Crippen LogP) is 0.994. The molecule has 0 radical (unpaired) electrons. The number of aromatic nitrogens is 4. The first-order valence-electron chi connectivity index (χ1n) is 5.49. The number of thioether (sulfide) groups is 1. The second-order valence-corrected chi connectivity index (χ2v) is 4.63. The maximum Gasteiger partial charge on any atom is 0.166 e. The average Bonchev–Trinajstić information content (AvgIpc) is 3.03. The third-order valence-electron chi connectivity index (χ3n) is 2.78. The summed E-state index contributed by atoms with van der Waals surface area (Å²) in [4.78, 5) is 12.7. The van der Waals surface area contributed by atoms with Gasteiger partial charge in [0, 0.05) is 0 Å². The largest absolute Gasteiger partial charge is 0.393 e. The van der Waals surface area contributed by atoms with E-state index < -0.39 is 0 Å². The molecule has 0 fully saturated rings. The summed E-state index contributed by atoms with van der Waals surface area (Å²) in [7, 11) is 0. The maximum atomic E-state index is 9.05. The summed E-state index contributed by atoms with van der Waals surface area (Å²) in [5.41, 5.74) is 1.51. The van der Waals surface area contributed by atoms with Gasteiger partial charge in [0.2, 0.25) is 0 Å². The van der Waals surface area contributed by atoms with Crippen LogP contribution in [0.25, 0.3) is 11.2 Å². The van der Waals surface area contributed by atoms with Gasteiger partial charge in [-0.15, -0.1) is 11.8 Å². The van der Waals surface area contributed by atoms with Crippen molar-refractivity contribution in [3.63, 3.8) is 0 Å². The zero-order chi connectivity index (χ0) is 12.5. The molecule has 0 spiro atoms. The van der Waals surface area contributed by atoms with E-state index in [-0.39, 0.29) is 18.9 Å². The number of aliphatic hydroxyl groups is 1. The maximum absolute atomic E-state index is 9.05. The number of ether oxygens (including phenoxy) is 1. The van der Waals surface area contributed by atoms with Gasteiger partial charge < -0.3 is 9.84 Å². The first kappa shape index (κ1) is 11.6. The lowest BCUT2D eigenvalue weighted by atomic mass is 10.4. The highest BCUT2D eigenvalue weighted by Crippen LogP contribution is 2.27. The summed E-state index contributed by atoms with van der Waals surface area (Å²) in [6.07, 6.45) is 8.37. The molecular formula is C11H12N4O2S. The van der Waals surface area contributed by atoms with Crippen LogP contribution in [0.15, 0.2) is 29.8 Å². The number of rotatable bonds is 3. The Morgan fingerprint density at radius 3 is 3.00 bits per heavy atom. The Morgan fingerprint density at radius 2 is 2.28 bits per heavy atom. The molecule has 3 rings (SSSR count). The van der Waals surface area contributed by atoms with Crippen molar-refractivity contribution in [1.29, 1.82) is 0 Å². The van der Waals surface area contributed by atoms with Gasteiger partial charge in [-0.05, 0) is 12.3 Å². The van der Waals surface area contributed by atoms with E-state index in [9.17, 15) is 0 Å². The van der Waals surface area contributed by atoms with Crippen LogP contribution in [0.4, 0.5) is 0 Å². The molecule has 2 atom stereocenters. The summed E-state index contributed by atoms with van der Waals surface area (Å²) in [5, 5.41) is 9.89. The Balaban J connectivity index is 2.01. The van der Waals surface area contributed by atoms with Crippen LogP contribution in [0.5, 0.6) is 0 Å². The highest BCUT2D eigenvalue weighted by Gasteiger charge is 2.22. The van der Waals surface area contributed by atoms with Gasteiger partial charge in [0.15, 0.2) is 11.9 Å². The molecule has 2 unspecified atom stereocenters. The molecule has 1 aliphatic rings. The number of hydrogen-bond donors (Lipinski definition) is 1. The lowest BCUT2D eigenvalue weighted by Gasteiger charge is -2.13. The van der Waals surface area contributed by atoms with E-state index in [0.29, 0.717) is 0 Å². The van der Waals surface area contributed by atoms with E-state index in [2.05, 4.69) is 15.0 Å². The fourth-order valence-corrected chi connectivity index (χ4v) is 2.41. The molecule has 1 aliphatic heterocycles. The van der Waals surface area contributed by atoms with Crippen LogP contribution < -0.4 is 0 Å². The van der Waals surface area contributed by atoms with Gasteiger partial charge in [-0.1, -0.05) is 6.08 Å². The van der Waals surface area contributed by atoms with Crippen LogP contribution in [0.1, 0.15) is 6.23 Å². The van der Waals surface area contributed by atoms with E-state index in [1.165, 1.54) is 18.1 Å². The summed E-state index contributed by atoms with van der Waals surface area (Å²) in [6.45, 7) is -0.0231. The minimum Gasteiger partial charge on any atom is -0.393 e. The van der Waals surface area contributed by atoms with Gasteiger partial charge >= 0.3 is 0 Å². The normalized spacial score (nSPS) is 23.0. The molecule has 3 heterocycles. The van der Waals surface area contributed by atoms with Gasteiger partial charge in [-0.2, -0.15) is 0 Å². The Labute approximate surface area is 108 Å². The van der Waals surface area contributed by atoms with Crippen LogP contribution >= 0.6 is 11.8 Å². The number of nitrogens with zero attached hydrogens (tertiary/aromatic N) is 4. The number of fused-ring (bicyclic) bond motifs is 1. The van der Waals surface area contributed by atoms with E-state index >= 15 is 0 Å². The summed E-state index contributed by atoms with van der Waals surface area (Å²) in [6, 6.07) is 0. The molecule has 2 aromatic rings. The fraction of sp³-hybridized carbons (Fsp3) is 0.364. The Bertz CT molecular complexity index is 598. The molecule has 0 aliphatic carbocycles. The Hall–Kier alpha value is -1.44. The Kier molecular flexibility index (Phi) is 3.02. The highest BCUT2D eigenvalue weighted by atomic mass is 32.2. The first-order chi connectivity index (χ1) is 8.83. The van der Waals surface area contributed by atoms with Gasteiger partial charge in [-0.3, -0.25) is 4.57 Å². The third kappa shape index (κ3) is 1.80. The van der Waals surface area contributed by atoms with Gasteiger partial charge in [0.25, 0.3) is 0 Å². The zero-order valence-electron chi connectivity index (χ0n) is 9.72. The second kappa shape index (κ2) is 4.68. The van der Waals surface area contributed by atoms with Crippen molar-refractivity contribution in [3.8, 4) is 0 Å². The van der Waals surface area contributed by atoms with E-state index in [1.807, 2.05) is 23.0 Å². The molecule has 2 aromatic heterocycles. The van der Waals surface area contributed by atoms with Crippen molar-refractivity contribution in [3.05, 3.63) is 24.8 Å². The SMILES string of the molecule is CSc1ncnc2c1ncn2C1C=CC(CO)O1. The van der Waals surface area contributed by atoms with E-state index in [4.69, 9.17) is 9.84 Å². The molecule has 18 heavy (non-hydrogen) atoms. The molecule has 0 amide bonds. The number of imidazole rings is 1. The molecule has 0 bridgehead atoms. The summed E-state index contributed by atoms with van der Waals surface area (Å²) >= 11 is 1.53. The van der Waals surface area contributed by atoms with E-state index in [1.54, 1.807) is 6.33 Å². The average molecular weight is 264 g/mol. The molecule has 1 N–H and O–H groups in total. The van der Waals surface area contributed by atoms with Gasteiger partial charge in [-0.25, -0.2) is 15.0 Å². The summed E-state index contributed by atoms with van der Waals surface area (Å²) < 4.78 is 7.47. The third-order valence-corrected chi connectivity index (χ3v) is 3.46. The molecule has 94 valence electrons. The van der Waals surface area contributed by atoms with Crippen LogP contribution in [-0.2, 0) is 4.74 Å². The molecule has 0 saturated carbocycles. The first-order valence-corrected chi connectivity index (χ1v) is 6.72. The molecule has 0 saturated heterocycles. The lowest BCUT2D eigenvalue weighted by Crippen LogP contribution is -2.15. The van der Waals surface area contributed by atoms with Gasteiger partial charge in [0.1, 0.15) is 23.0 Å². The number of aliphatic hydroxyl groups excluding tert-OH is 1. The standard InChI is InChI=1S/C11H12N4O2S/c1-18-11-9-10(12-5-13-11)15(6-14-9)8-3-2-7(4-16)17-8/h2-3,5-8,16H,4H2,1H3. The van der Waals surface area contributed by atoms with Crippen LogP contribution in [0, 0.1) is 0 Å². The van der Waals surface area contributed by atoms with Crippen molar-refractivity contribution in [2.75, 3.05) is 12.9 Å². The Morgan fingerprint density at radius 1 is 1.39 bits per heavy atom. The molecule has 6 nitrogen and oxygen atoms in total. The van der Waals surface area contributed by atoms with E-state index in [0.717, 1.165) is 16.2 Å². The van der Waals surface area contributed by atoms with Gasteiger partial charge in [0.05, 0.1) is 12.9 Å².